The van der Waals surface area contributed by atoms with Crippen LogP contribution in [0.5, 0.6) is 0 Å². The molecule has 4 atom stereocenters. The van der Waals surface area contributed by atoms with Crippen molar-refractivity contribution in [2.24, 2.45) is 11.8 Å². The number of aliphatic hydroxyl groups excluding tert-OH is 1. The third kappa shape index (κ3) is 2.41. The van der Waals surface area contributed by atoms with Crippen LogP contribution < -0.4 is 5.32 Å². The summed E-state index contributed by atoms with van der Waals surface area (Å²) in [5.41, 5.74) is 2.51. The molecule has 0 saturated heterocycles. The number of ether oxygens (including phenoxy) is 1. The summed E-state index contributed by atoms with van der Waals surface area (Å²) in [6.45, 7) is 3.13. The molecule has 1 aliphatic heterocycles. The Bertz CT molecular complexity index is 815. The van der Waals surface area contributed by atoms with Gasteiger partial charge in [0.05, 0.1) is 7.11 Å². The first kappa shape index (κ1) is 17.6. The first-order valence-electron chi connectivity index (χ1n) is 9.68. The van der Waals surface area contributed by atoms with Gasteiger partial charge in [0, 0.05) is 29.2 Å². The number of nitrogens with one attached hydrogen (secondary N) is 2. The van der Waals surface area contributed by atoms with Crippen molar-refractivity contribution in [1.29, 1.82) is 0 Å². The highest BCUT2D eigenvalue weighted by atomic mass is 16.5. The highest BCUT2D eigenvalue weighted by molar-refractivity contribution is 5.91. The number of aromatic nitrogens is 1. The van der Waals surface area contributed by atoms with Gasteiger partial charge in [-0.2, -0.15) is 0 Å². The van der Waals surface area contributed by atoms with Crippen LogP contribution in [0.3, 0.4) is 0 Å². The van der Waals surface area contributed by atoms with Crippen LogP contribution in [0, 0.1) is 11.8 Å². The van der Waals surface area contributed by atoms with Gasteiger partial charge < -0.3 is 20.1 Å². The third-order valence-electron chi connectivity index (χ3n) is 6.58. The number of aliphatic hydroxyl groups is 1. The van der Waals surface area contributed by atoms with Crippen molar-refractivity contribution in [2.75, 3.05) is 20.3 Å². The lowest BCUT2D eigenvalue weighted by molar-refractivity contribution is -0.153. The summed E-state index contributed by atoms with van der Waals surface area (Å²) in [6, 6.07) is 8.28. The lowest BCUT2D eigenvalue weighted by Gasteiger charge is -2.48. The highest BCUT2D eigenvalue weighted by Gasteiger charge is 2.57. The van der Waals surface area contributed by atoms with Crippen LogP contribution in [-0.2, 0) is 21.4 Å². The van der Waals surface area contributed by atoms with Crippen molar-refractivity contribution < 1.29 is 14.6 Å². The zero-order valence-corrected chi connectivity index (χ0v) is 15.5. The van der Waals surface area contributed by atoms with Gasteiger partial charge in [0.15, 0.2) is 0 Å². The molecule has 0 spiro atoms. The topological polar surface area (TPSA) is 74.3 Å². The van der Waals surface area contributed by atoms with E-state index in [0.29, 0.717) is 12.3 Å². The predicted molar refractivity (Wildman–Crippen MR) is 101 cm³/mol. The van der Waals surface area contributed by atoms with E-state index in [2.05, 4.69) is 29.4 Å². The van der Waals surface area contributed by atoms with Crippen LogP contribution in [0.2, 0.25) is 0 Å². The quantitative estimate of drug-likeness (QED) is 0.739. The SMILES string of the molecule is CC[C@H]1C[C@H](CO)C[C@@]2(C(=O)OC)c3[nH]c4ccccc4c3CCN[C@@H]12. The molecule has 140 valence electrons. The van der Waals surface area contributed by atoms with Crippen LogP contribution in [0.4, 0.5) is 0 Å². The number of benzene rings is 1. The molecule has 5 nitrogen and oxygen atoms in total. The van der Waals surface area contributed by atoms with Gasteiger partial charge in [-0.15, -0.1) is 0 Å². The van der Waals surface area contributed by atoms with Crippen molar-refractivity contribution in [1.82, 2.24) is 10.3 Å². The average molecular weight is 356 g/mol. The minimum Gasteiger partial charge on any atom is -0.468 e. The van der Waals surface area contributed by atoms with Crippen molar-refractivity contribution in [3.8, 4) is 0 Å². The monoisotopic (exact) mass is 356 g/mol. The summed E-state index contributed by atoms with van der Waals surface area (Å²) >= 11 is 0. The van der Waals surface area contributed by atoms with E-state index in [1.54, 1.807) is 0 Å². The number of para-hydroxylation sites is 1. The van der Waals surface area contributed by atoms with Crippen LogP contribution in [0.1, 0.15) is 37.4 Å². The second-order valence-electron chi connectivity index (χ2n) is 7.83. The molecule has 3 N–H and O–H groups in total. The van der Waals surface area contributed by atoms with Crippen molar-refractivity contribution in [3.05, 3.63) is 35.5 Å². The number of rotatable bonds is 3. The molecule has 1 aromatic carbocycles. The smallest absolute Gasteiger partial charge is 0.319 e. The Hall–Kier alpha value is -1.85. The van der Waals surface area contributed by atoms with Crippen LogP contribution in [0.25, 0.3) is 10.9 Å². The summed E-state index contributed by atoms with van der Waals surface area (Å²) < 4.78 is 5.36. The summed E-state index contributed by atoms with van der Waals surface area (Å²) in [6.07, 6.45) is 3.42. The summed E-state index contributed by atoms with van der Waals surface area (Å²) in [7, 11) is 1.48. The van der Waals surface area contributed by atoms with Gasteiger partial charge in [0.2, 0.25) is 0 Å². The second kappa shape index (κ2) is 6.71. The number of methoxy groups -OCH3 is 1. The maximum absolute atomic E-state index is 13.3. The number of fused-ring (bicyclic) bond motifs is 5. The number of hydrogen-bond acceptors (Lipinski definition) is 4. The number of esters is 1. The molecule has 2 aromatic rings. The molecule has 0 radical (unpaired) electrons. The first-order valence-corrected chi connectivity index (χ1v) is 9.68. The van der Waals surface area contributed by atoms with Gasteiger partial charge in [-0.25, -0.2) is 0 Å². The molecular weight excluding hydrogens is 328 g/mol. The molecular formula is C21H28N2O3. The first-order chi connectivity index (χ1) is 12.7. The minimum atomic E-state index is -0.772. The van der Waals surface area contributed by atoms with Gasteiger partial charge in [-0.1, -0.05) is 31.5 Å². The zero-order valence-electron chi connectivity index (χ0n) is 15.5. The van der Waals surface area contributed by atoms with E-state index in [1.807, 2.05) is 12.1 Å². The third-order valence-corrected chi connectivity index (χ3v) is 6.58. The van der Waals surface area contributed by atoms with Gasteiger partial charge >= 0.3 is 5.97 Å². The molecule has 26 heavy (non-hydrogen) atoms. The summed E-state index contributed by atoms with van der Waals surface area (Å²) in [4.78, 5) is 16.9. The van der Waals surface area contributed by atoms with Gasteiger partial charge in [0.25, 0.3) is 0 Å². The normalized spacial score (nSPS) is 31.1. The fourth-order valence-corrected chi connectivity index (χ4v) is 5.46. The molecule has 0 amide bonds. The molecule has 5 heteroatoms. The maximum atomic E-state index is 13.3. The van der Waals surface area contributed by atoms with E-state index in [0.717, 1.165) is 37.0 Å². The Morgan fingerprint density at radius 2 is 2.19 bits per heavy atom. The van der Waals surface area contributed by atoms with Gasteiger partial charge in [0.1, 0.15) is 5.41 Å². The highest BCUT2D eigenvalue weighted by Crippen LogP contribution is 2.49. The standard InChI is InChI=1S/C21H28N2O3/c1-3-14-10-13(12-24)11-21(20(25)26-2)18(14)22-9-8-16-15-6-4-5-7-17(15)23-19(16)21/h4-7,13-14,18,22-24H,3,8-12H2,1-2H3/t13-,14-,18-,21-/m0/s1. The lowest BCUT2D eigenvalue weighted by Crippen LogP contribution is -2.61. The fourth-order valence-electron chi connectivity index (χ4n) is 5.46. The fraction of sp³-hybridized carbons (Fsp3) is 0.571. The van der Waals surface area contributed by atoms with Crippen molar-refractivity contribution >= 4 is 16.9 Å². The van der Waals surface area contributed by atoms with E-state index in [4.69, 9.17) is 4.74 Å². The van der Waals surface area contributed by atoms with E-state index in [-0.39, 0.29) is 24.5 Å². The Morgan fingerprint density at radius 1 is 1.38 bits per heavy atom. The molecule has 1 aromatic heterocycles. The van der Waals surface area contributed by atoms with Crippen LogP contribution >= 0.6 is 0 Å². The number of aromatic amines is 1. The molecule has 2 heterocycles. The largest absolute Gasteiger partial charge is 0.468 e. The summed E-state index contributed by atoms with van der Waals surface area (Å²) in [5.74, 6) is 0.244. The molecule has 1 aliphatic carbocycles. The Balaban J connectivity index is 1.98. The van der Waals surface area contributed by atoms with Crippen LogP contribution in [0.15, 0.2) is 24.3 Å². The van der Waals surface area contributed by atoms with Gasteiger partial charge in [-0.05, 0) is 49.3 Å². The zero-order chi connectivity index (χ0) is 18.3. The number of carbonyl (C=O) groups is 1. The average Bonchev–Trinajstić information content (AvgIpc) is 2.97. The predicted octanol–water partition coefficient (Wildman–Crippen LogP) is 2.52. The van der Waals surface area contributed by atoms with E-state index in [1.165, 1.54) is 18.1 Å². The summed E-state index contributed by atoms with van der Waals surface area (Å²) in [5, 5.41) is 14.8. The molecule has 2 aliphatic rings. The van der Waals surface area contributed by atoms with Crippen molar-refractivity contribution in [3.63, 3.8) is 0 Å². The Morgan fingerprint density at radius 3 is 2.92 bits per heavy atom. The molecule has 0 unspecified atom stereocenters. The molecule has 1 fully saturated rings. The molecule has 0 bridgehead atoms. The van der Waals surface area contributed by atoms with E-state index >= 15 is 0 Å². The molecule has 4 rings (SSSR count). The molecule has 1 saturated carbocycles. The van der Waals surface area contributed by atoms with Gasteiger partial charge in [-0.3, -0.25) is 4.79 Å². The minimum absolute atomic E-state index is 0.0251. The Labute approximate surface area is 154 Å². The Kier molecular flexibility index (Phi) is 4.53. The number of carbonyl (C=O) groups excluding carboxylic acids is 1. The van der Waals surface area contributed by atoms with E-state index < -0.39 is 5.41 Å². The number of H-pyrrole nitrogens is 1. The second-order valence-corrected chi connectivity index (χ2v) is 7.83. The maximum Gasteiger partial charge on any atom is 0.319 e. The lowest BCUT2D eigenvalue weighted by atomic mass is 9.59. The van der Waals surface area contributed by atoms with Crippen molar-refractivity contribution in [2.45, 2.75) is 44.1 Å². The van der Waals surface area contributed by atoms with E-state index in [9.17, 15) is 9.90 Å². The number of hydrogen-bond donors (Lipinski definition) is 3. The van der Waals surface area contributed by atoms with Crippen LogP contribution in [-0.4, -0.2) is 42.4 Å².